The Kier molecular flexibility index (Phi) is 4.95. The summed E-state index contributed by atoms with van der Waals surface area (Å²) in [7, 11) is 0. The number of rotatable bonds is 5. The van der Waals surface area contributed by atoms with Crippen LogP contribution in [-0.2, 0) is 9.53 Å². The Bertz CT molecular complexity index is 642. The van der Waals surface area contributed by atoms with Gasteiger partial charge in [0.15, 0.2) is 0 Å². The zero-order chi connectivity index (χ0) is 15.4. The summed E-state index contributed by atoms with van der Waals surface area (Å²) in [6.45, 7) is 8.02. The molecule has 0 aliphatic carbocycles. The van der Waals surface area contributed by atoms with Crippen LogP contribution >= 0.6 is 11.8 Å². The zero-order valence-electron chi connectivity index (χ0n) is 12.5. The molecule has 21 heavy (non-hydrogen) atoms. The maximum atomic E-state index is 11.7. The van der Waals surface area contributed by atoms with E-state index in [-0.39, 0.29) is 11.2 Å². The number of hydrogen-bond donors (Lipinski definition) is 0. The number of carbonyl (C=O) groups excluding carboxylic acids is 1. The summed E-state index contributed by atoms with van der Waals surface area (Å²) in [4.78, 5) is 11.7. The van der Waals surface area contributed by atoms with Crippen LogP contribution in [0.2, 0.25) is 0 Å². The van der Waals surface area contributed by atoms with E-state index in [1.165, 1.54) is 17.3 Å². The predicted molar refractivity (Wildman–Crippen MR) is 80.6 cm³/mol. The van der Waals surface area contributed by atoms with Gasteiger partial charge >= 0.3 is 5.97 Å². The summed E-state index contributed by atoms with van der Waals surface area (Å²) < 4.78 is 6.63. The third kappa shape index (κ3) is 3.60. The molecule has 2 aromatic rings. The lowest BCUT2D eigenvalue weighted by atomic mass is 10.1. The zero-order valence-corrected chi connectivity index (χ0v) is 13.3. The largest absolute Gasteiger partial charge is 0.465 e. The molecule has 6 nitrogen and oxygen atoms in total. The van der Waals surface area contributed by atoms with Crippen LogP contribution in [0.5, 0.6) is 0 Å². The van der Waals surface area contributed by atoms with Gasteiger partial charge in [0.05, 0.1) is 12.3 Å². The minimum atomic E-state index is -0.360. The van der Waals surface area contributed by atoms with Crippen LogP contribution < -0.4 is 0 Å². The molecule has 0 N–H and O–H groups in total. The van der Waals surface area contributed by atoms with Crippen LogP contribution in [0.1, 0.15) is 25.0 Å². The molecule has 0 aliphatic rings. The molecule has 0 radical (unpaired) electrons. The van der Waals surface area contributed by atoms with Crippen molar-refractivity contribution in [3.8, 4) is 5.69 Å². The monoisotopic (exact) mass is 306 g/mol. The van der Waals surface area contributed by atoms with E-state index in [2.05, 4.69) is 22.4 Å². The van der Waals surface area contributed by atoms with Gasteiger partial charge in [-0.3, -0.25) is 4.79 Å². The van der Waals surface area contributed by atoms with Gasteiger partial charge in [-0.1, -0.05) is 17.8 Å². The third-order valence-electron chi connectivity index (χ3n) is 3.08. The summed E-state index contributed by atoms with van der Waals surface area (Å²) in [6.07, 6.45) is 0. The topological polar surface area (TPSA) is 69.9 Å². The van der Waals surface area contributed by atoms with E-state index in [0.717, 1.165) is 11.3 Å². The highest BCUT2D eigenvalue weighted by Crippen LogP contribution is 2.24. The van der Waals surface area contributed by atoms with Crippen LogP contribution in [0.3, 0.4) is 0 Å². The lowest BCUT2D eigenvalue weighted by Gasteiger charge is -2.10. The highest BCUT2D eigenvalue weighted by atomic mass is 32.2. The molecular formula is C14H18N4O2S. The van der Waals surface area contributed by atoms with Gasteiger partial charge in [-0.2, -0.15) is 4.68 Å². The summed E-state index contributed by atoms with van der Waals surface area (Å²) in [5.41, 5.74) is 3.25. The molecule has 2 rings (SSSR count). The molecule has 0 amide bonds. The fourth-order valence-electron chi connectivity index (χ4n) is 1.74. The Hall–Kier alpha value is -1.89. The number of aryl methyl sites for hydroxylation is 2. The van der Waals surface area contributed by atoms with Crippen molar-refractivity contribution in [3.63, 3.8) is 0 Å². The van der Waals surface area contributed by atoms with Crippen LogP contribution in [0, 0.1) is 13.8 Å². The van der Waals surface area contributed by atoms with Gasteiger partial charge in [-0.05, 0) is 61.4 Å². The van der Waals surface area contributed by atoms with Crippen molar-refractivity contribution in [2.24, 2.45) is 0 Å². The highest BCUT2D eigenvalue weighted by molar-refractivity contribution is 8.00. The number of aromatic nitrogens is 4. The first kappa shape index (κ1) is 15.5. The van der Waals surface area contributed by atoms with Gasteiger partial charge < -0.3 is 4.74 Å². The van der Waals surface area contributed by atoms with Crippen LogP contribution in [0.25, 0.3) is 5.69 Å². The first-order chi connectivity index (χ1) is 10.0. The van der Waals surface area contributed by atoms with E-state index in [1.807, 2.05) is 25.1 Å². The molecule has 1 unspecified atom stereocenters. The van der Waals surface area contributed by atoms with E-state index in [1.54, 1.807) is 18.5 Å². The van der Waals surface area contributed by atoms with Gasteiger partial charge in [-0.15, -0.1) is 5.10 Å². The molecule has 1 aromatic carbocycles. The normalized spacial score (nSPS) is 12.2. The molecule has 1 aromatic heterocycles. The summed E-state index contributed by atoms with van der Waals surface area (Å²) in [6, 6.07) is 6.00. The SMILES string of the molecule is CCOC(=O)C(C)Sc1nnnn1-c1ccc(C)c(C)c1. The fraction of sp³-hybridized carbons (Fsp3) is 0.429. The summed E-state index contributed by atoms with van der Waals surface area (Å²) in [5, 5.41) is 11.9. The van der Waals surface area contributed by atoms with E-state index in [0.29, 0.717) is 11.8 Å². The number of esters is 1. The number of hydrogen-bond acceptors (Lipinski definition) is 6. The van der Waals surface area contributed by atoms with Crippen molar-refractivity contribution in [2.75, 3.05) is 6.61 Å². The van der Waals surface area contributed by atoms with E-state index in [4.69, 9.17) is 4.74 Å². The van der Waals surface area contributed by atoms with Crippen molar-refractivity contribution in [1.29, 1.82) is 0 Å². The molecule has 0 fully saturated rings. The Morgan fingerprint density at radius 1 is 1.38 bits per heavy atom. The fourth-order valence-corrected chi connectivity index (χ4v) is 2.54. The number of nitrogens with zero attached hydrogens (tertiary/aromatic N) is 4. The van der Waals surface area contributed by atoms with Gasteiger partial charge in [0.25, 0.3) is 0 Å². The van der Waals surface area contributed by atoms with Crippen molar-refractivity contribution < 1.29 is 9.53 Å². The van der Waals surface area contributed by atoms with Gasteiger partial charge in [0.1, 0.15) is 5.25 Å². The molecule has 0 bridgehead atoms. The number of benzene rings is 1. The van der Waals surface area contributed by atoms with Gasteiger partial charge in [0.2, 0.25) is 5.16 Å². The smallest absolute Gasteiger partial charge is 0.319 e. The molecular weight excluding hydrogens is 288 g/mol. The Balaban J connectivity index is 2.22. The van der Waals surface area contributed by atoms with Crippen molar-refractivity contribution in [2.45, 2.75) is 38.1 Å². The molecule has 1 atom stereocenters. The average molecular weight is 306 g/mol. The molecule has 1 heterocycles. The number of ether oxygens (including phenoxy) is 1. The van der Waals surface area contributed by atoms with E-state index >= 15 is 0 Å². The Labute approximate surface area is 127 Å². The first-order valence-corrected chi connectivity index (χ1v) is 7.60. The summed E-state index contributed by atoms with van der Waals surface area (Å²) >= 11 is 1.28. The highest BCUT2D eigenvalue weighted by Gasteiger charge is 2.20. The standard InChI is InChI=1S/C14H18N4O2S/c1-5-20-13(19)11(4)21-14-15-16-17-18(14)12-7-6-9(2)10(3)8-12/h6-8,11H,5H2,1-4H3. The Morgan fingerprint density at radius 3 is 2.81 bits per heavy atom. The van der Waals surface area contributed by atoms with Crippen LogP contribution in [-0.4, -0.2) is 38.0 Å². The first-order valence-electron chi connectivity index (χ1n) is 6.72. The molecule has 0 aliphatic heterocycles. The number of thioether (sulfide) groups is 1. The van der Waals surface area contributed by atoms with Crippen molar-refractivity contribution in [1.82, 2.24) is 20.2 Å². The van der Waals surface area contributed by atoms with Gasteiger partial charge in [-0.25, -0.2) is 0 Å². The minimum absolute atomic E-state index is 0.267. The Morgan fingerprint density at radius 2 is 2.14 bits per heavy atom. The average Bonchev–Trinajstić information content (AvgIpc) is 2.90. The van der Waals surface area contributed by atoms with E-state index in [9.17, 15) is 4.79 Å². The van der Waals surface area contributed by atoms with Crippen LogP contribution in [0.4, 0.5) is 0 Å². The molecule has 7 heteroatoms. The third-order valence-corrected chi connectivity index (χ3v) is 4.09. The van der Waals surface area contributed by atoms with E-state index < -0.39 is 0 Å². The van der Waals surface area contributed by atoms with Crippen LogP contribution in [0.15, 0.2) is 23.4 Å². The number of tetrazole rings is 1. The molecule has 112 valence electrons. The number of carbonyl (C=O) groups is 1. The maximum absolute atomic E-state index is 11.7. The maximum Gasteiger partial charge on any atom is 0.319 e. The molecule has 0 saturated carbocycles. The second kappa shape index (κ2) is 6.71. The lowest BCUT2D eigenvalue weighted by molar-refractivity contribution is -0.142. The molecule has 0 saturated heterocycles. The quantitative estimate of drug-likeness (QED) is 0.624. The second-order valence-corrected chi connectivity index (χ2v) is 5.96. The van der Waals surface area contributed by atoms with Crippen molar-refractivity contribution in [3.05, 3.63) is 29.3 Å². The molecule has 0 spiro atoms. The predicted octanol–water partition coefficient (Wildman–Crippen LogP) is 2.32. The van der Waals surface area contributed by atoms with Gasteiger partial charge in [0, 0.05) is 0 Å². The summed E-state index contributed by atoms with van der Waals surface area (Å²) in [5.74, 6) is -0.267. The minimum Gasteiger partial charge on any atom is -0.465 e. The van der Waals surface area contributed by atoms with Crippen molar-refractivity contribution >= 4 is 17.7 Å². The lowest BCUT2D eigenvalue weighted by Crippen LogP contribution is -2.17. The second-order valence-electron chi connectivity index (χ2n) is 4.65.